The van der Waals surface area contributed by atoms with Gasteiger partial charge in [-0.25, -0.2) is 9.97 Å². The van der Waals surface area contributed by atoms with Crippen LogP contribution in [0.15, 0.2) is 79.3 Å². The number of aromatic nitrogens is 3. The van der Waals surface area contributed by atoms with Crippen molar-refractivity contribution in [2.75, 3.05) is 50.0 Å². The Kier molecular flexibility index (Phi) is 9.86. The minimum absolute atomic E-state index is 0.0978. The number of ketones is 1. The number of piperazine rings is 1. The third kappa shape index (κ3) is 8.09. The van der Waals surface area contributed by atoms with Gasteiger partial charge in [0.05, 0.1) is 5.69 Å². The van der Waals surface area contributed by atoms with Gasteiger partial charge in [0.1, 0.15) is 5.78 Å². The van der Waals surface area contributed by atoms with Crippen molar-refractivity contribution in [1.82, 2.24) is 24.8 Å². The highest BCUT2D eigenvalue weighted by Gasteiger charge is 2.20. The van der Waals surface area contributed by atoms with Crippen LogP contribution >= 0.6 is 0 Å². The van der Waals surface area contributed by atoms with E-state index in [9.17, 15) is 9.59 Å². The Hall–Kier alpha value is -4.47. The average molecular weight is 578 g/mol. The number of nitrogens with one attached hydrogen (secondary N) is 1. The van der Waals surface area contributed by atoms with Crippen LogP contribution in [0.5, 0.6) is 0 Å². The van der Waals surface area contributed by atoms with E-state index in [1.165, 1.54) is 5.56 Å². The maximum absolute atomic E-state index is 13.9. The van der Waals surface area contributed by atoms with E-state index in [1.54, 1.807) is 30.4 Å². The van der Waals surface area contributed by atoms with Crippen LogP contribution in [0.2, 0.25) is 0 Å². The van der Waals surface area contributed by atoms with Gasteiger partial charge in [0.15, 0.2) is 0 Å². The number of anilines is 3. The van der Waals surface area contributed by atoms with Gasteiger partial charge >= 0.3 is 0 Å². The average Bonchev–Trinajstić information content (AvgIpc) is 3.02. The highest BCUT2D eigenvalue weighted by molar-refractivity contribution is 6.06. The fourth-order valence-electron chi connectivity index (χ4n) is 5.13. The third-order valence-electron chi connectivity index (χ3n) is 7.75. The van der Waals surface area contributed by atoms with Crippen molar-refractivity contribution in [3.8, 4) is 11.3 Å². The van der Waals surface area contributed by atoms with Crippen LogP contribution in [-0.2, 0) is 11.3 Å². The smallest absolute Gasteiger partial charge is 0.258 e. The first kappa shape index (κ1) is 30.0. The van der Waals surface area contributed by atoms with Gasteiger partial charge in [-0.2, -0.15) is 0 Å². The van der Waals surface area contributed by atoms with E-state index >= 15 is 0 Å². The molecule has 1 saturated heterocycles. The van der Waals surface area contributed by atoms with Gasteiger partial charge in [0.2, 0.25) is 5.95 Å². The molecule has 2 aromatic heterocycles. The summed E-state index contributed by atoms with van der Waals surface area (Å²) in [7, 11) is 2.15. The van der Waals surface area contributed by atoms with Crippen molar-refractivity contribution >= 4 is 29.0 Å². The van der Waals surface area contributed by atoms with Gasteiger partial charge in [-0.15, -0.1) is 0 Å². The standard InChI is InChI=1S/C34H39N7O2/c1-25-8-13-30(22-32(25)38-34-36-16-14-31(37-34)29-7-4-15-35-23-29)41(17-5-6-26(2)42)33(43)28-11-9-27(10-12-28)24-40-20-18-39(3)19-21-40/h4,7-16,22-23H,5-6,17-21,24H2,1-3H3,(H,36,37,38). The second-order valence-electron chi connectivity index (χ2n) is 11.2. The summed E-state index contributed by atoms with van der Waals surface area (Å²) >= 11 is 0. The number of Topliss-reactive ketones (excluding diaryl/α,β-unsaturated/α-hetero) is 1. The van der Waals surface area contributed by atoms with Crippen molar-refractivity contribution in [3.05, 3.63) is 95.9 Å². The topological polar surface area (TPSA) is 94.6 Å². The fourth-order valence-corrected chi connectivity index (χ4v) is 5.13. The summed E-state index contributed by atoms with van der Waals surface area (Å²) in [5.74, 6) is 0.462. The molecule has 9 heteroatoms. The largest absolute Gasteiger partial charge is 0.324 e. The number of carbonyl (C=O) groups is 2. The molecule has 2 aromatic carbocycles. The van der Waals surface area contributed by atoms with Crippen molar-refractivity contribution in [3.63, 3.8) is 0 Å². The number of rotatable bonds is 11. The fraction of sp³-hybridized carbons (Fsp3) is 0.324. The summed E-state index contributed by atoms with van der Waals surface area (Å²) in [6, 6.07) is 19.5. The lowest BCUT2D eigenvalue weighted by Gasteiger charge is -2.32. The van der Waals surface area contributed by atoms with Crippen molar-refractivity contribution in [2.24, 2.45) is 0 Å². The van der Waals surface area contributed by atoms with Crippen LogP contribution in [0.1, 0.15) is 41.3 Å². The molecular formula is C34H39N7O2. The van der Waals surface area contributed by atoms with Crippen LogP contribution in [0.25, 0.3) is 11.3 Å². The minimum atomic E-state index is -0.0978. The normalized spacial score (nSPS) is 13.9. The molecular weight excluding hydrogens is 538 g/mol. The predicted octanol–water partition coefficient (Wildman–Crippen LogP) is 5.35. The summed E-state index contributed by atoms with van der Waals surface area (Å²) in [6.07, 6.45) is 6.20. The summed E-state index contributed by atoms with van der Waals surface area (Å²) in [5.41, 5.74) is 6.00. The molecule has 3 heterocycles. The van der Waals surface area contributed by atoms with Gasteiger partial charge in [0.25, 0.3) is 5.91 Å². The Labute approximate surface area is 253 Å². The SMILES string of the molecule is CC(=O)CCCN(C(=O)c1ccc(CN2CCN(C)CC2)cc1)c1ccc(C)c(Nc2nccc(-c3cccnc3)n2)c1. The van der Waals surface area contributed by atoms with Crippen LogP contribution in [-0.4, -0.2) is 76.2 Å². The Morgan fingerprint density at radius 3 is 2.49 bits per heavy atom. The Bertz CT molecular complexity index is 1530. The van der Waals surface area contributed by atoms with Gasteiger partial charge in [-0.3, -0.25) is 14.7 Å². The van der Waals surface area contributed by atoms with Crippen molar-refractivity contribution in [2.45, 2.75) is 33.2 Å². The second-order valence-corrected chi connectivity index (χ2v) is 11.2. The van der Waals surface area contributed by atoms with Crippen LogP contribution in [0.3, 0.4) is 0 Å². The molecule has 0 atom stereocenters. The van der Waals surface area contributed by atoms with Gasteiger partial charge in [0, 0.05) is 86.8 Å². The Morgan fingerprint density at radius 2 is 1.77 bits per heavy atom. The van der Waals surface area contributed by atoms with Gasteiger partial charge < -0.3 is 19.9 Å². The molecule has 0 spiro atoms. The lowest BCUT2D eigenvalue weighted by Crippen LogP contribution is -2.43. The maximum Gasteiger partial charge on any atom is 0.258 e. The van der Waals surface area contributed by atoms with E-state index in [4.69, 9.17) is 0 Å². The Morgan fingerprint density at radius 1 is 0.977 bits per heavy atom. The van der Waals surface area contributed by atoms with Crippen LogP contribution in [0.4, 0.5) is 17.3 Å². The quantitative estimate of drug-likeness (QED) is 0.255. The molecule has 0 aliphatic carbocycles. The lowest BCUT2D eigenvalue weighted by molar-refractivity contribution is -0.117. The number of carbonyl (C=O) groups excluding carboxylic acids is 2. The van der Waals surface area contributed by atoms with Crippen LogP contribution < -0.4 is 10.2 Å². The molecule has 1 amide bonds. The molecule has 5 rings (SSSR count). The molecule has 4 aromatic rings. The molecule has 0 saturated carbocycles. The number of benzene rings is 2. The van der Waals surface area contributed by atoms with E-state index in [2.05, 4.69) is 37.1 Å². The summed E-state index contributed by atoms with van der Waals surface area (Å²) < 4.78 is 0. The number of hydrogen-bond acceptors (Lipinski definition) is 8. The number of aryl methyl sites for hydroxylation is 1. The molecule has 9 nitrogen and oxygen atoms in total. The monoisotopic (exact) mass is 577 g/mol. The third-order valence-corrected chi connectivity index (χ3v) is 7.75. The first-order valence-electron chi connectivity index (χ1n) is 14.8. The summed E-state index contributed by atoms with van der Waals surface area (Å²) in [6.45, 7) is 9.12. The highest BCUT2D eigenvalue weighted by Crippen LogP contribution is 2.28. The first-order valence-corrected chi connectivity index (χ1v) is 14.8. The molecule has 0 bridgehead atoms. The number of pyridine rings is 1. The van der Waals surface area contributed by atoms with Crippen LogP contribution in [0, 0.1) is 6.92 Å². The first-order chi connectivity index (χ1) is 20.9. The molecule has 43 heavy (non-hydrogen) atoms. The molecule has 1 aliphatic rings. The van der Waals surface area contributed by atoms with E-state index in [-0.39, 0.29) is 11.7 Å². The number of likely N-dealkylation sites (N-methyl/N-ethyl adjacent to an activating group) is 1. The second kappa shape index (κ2) is 14.1. The maximum atomic E-state index is 13.9. The lowest BCUT2D eigenvalue weighted by atomic mass is 10.1. The van der Waals surface area contributed by atoms with E-state index in [1.807, 2.05) is 67.6 Å². The zero-order valence-corrected chi connectivity index (χ0v) is 25.2. The molecule has 222 valence electrons. The van der Waals surface area contributed by atoms with E-state index in [0.29, 0.717) is 30.9 Å². The number of amides is 1. The van der Waals surface area contributed by atoms with E-state index in [0.717, 1.165) is 60.9 Å². The van der Waals surface area contributed by atoms with Gasteiger partial charge in [-0.1, -0.05) is 18.2 Å². The number of nitrogens with zero attached hydrogens (tertiary/aromatic N) is 6. The molecule has 1 N–H and O–H groups in total. The molecule has 0 radical (unpaired) electrons. The Balaban J connectivity index is 1.35. The van der Waals surface area contributed by atoms with Crippen molar-refractivity contribution < 1.29 is 9.59 Å². The van der Waals surface area contributed by atoms with Gasteiger partial charge in [-0.05, 0) is 80.9 Å². The zero-order chi connectivity index (χ0) is 30.2. The number of hydrogen-bond donors (Lipinski definition) is 1. The molecule has 1 aliphatic heterocycles. The molecule has 1 fully saturated rings. The predicted molar refractivity (Wildman–Crippen MR) is 171 cm³/mol. The zero-order valence-electron chi connectivity index (χ0n) is 25.2. The highest BCUT2D eigenvalue weighted by atomic mass is 16.2. The van der Waals surface area contributed by atoms with E-state index < -0.39 is 0 Å². The summed E-state index contributed by atoms with van der Waals surface area (Å²) in [5, 5.41) is 3.34. The minimum Gasteiger partial charge on any atom is -0.324 e. The molecule has 0 unspecified atom stereocenters. The van der Waals surface area contributed by atoms with Crippen molar-refractivity contribution in [1.29, 1.82) is 0 Å². The summed E-state index contributed by atoms with van der Waals surface area (Å²) in [4.78, 5) is 45.4.